The third kappa shape index (κ3) is 3.84. The van der Waals surface area contributed by atoms with Crippen molar-refractivity contribution in [1.29, 1.82) is 0 Å². The zero-order valence-corrected chi connectivity index (χ0v) is 11.2. The van der Waals surface area contributed by atoms with Gasteiger partial charge in [0.25, 0.3) is 0 Å². The number of nitrogens with two attached hydrogens (primary N) is 1. The van der Waals surface area contributed by atoms with Gasteiger partial charge in [0.05, 0.1) is 0 Å². The number of benzene rings is 1. The van der Waals surface area contributed by atoms with Gasteiger partial charge in [-0.2, -0.15) is 0 Å². The van der Waals surface area contributed by atoms with Crippen molar-refractivity contribution in [2.24, 2.45) is 0 Å². The Kier molecular flexibility index (Phi) is 5.34. The molecule has 0 fully saturated rings. The minimum Gasteiger partial charge on any atom is -0.399 e. The second-order valence-corrected chi connectivity index (χ2v) is 4.62. The summed E-state index contributed by atoms with van der Waals surface area (Å²) in [5.41, 5.74) is 5.55. The van der Waals surface area contributed by atoms with Gasteiger partial charge < -0.3 is 15.5 Å². The van der Waals surface area contributed by atoms with E-state index < -0.39 is 11.6 Å². The number of halogens is 2. The zero-order valence-electron chi connectivity index (χ0n) is 11.2. The fourth-order valence-electron chi connectivity index (χ4n) is 1.81. The van der Waals surface area contributed by atoms with E-state index in [0.29, 0.717) is 13.1 Å². The van der Waals surface area contributed by atoms with Crippen molar-refractivity contribution in [3.63, 3.8) is 0 Å². The summed E-state index contributed by atoms with van der Waals surface area (Å²) in [7, 11) is 3.86. The minimum absolute atomic E-state index is 0.0212. The van der Waals surface area contributed by atoms with E-state index in [1.165, 1.54) is 0 Å². The molecule has 1 aromatic carbocycles. The highest BCUT2D eigenvalue weighted by molar-refractivity contribution is 5.55. The number of hydrogen-bond acceptors (Lipinski definition) is 3. The predicted octanol–water partition coefficient (Wildman–Crippen LogP) is 2.33. The standard InChI is InChI=1S/C13H21F2N3/c1-4-5-18(7-6-17(2)3)13-11(14)8-10(16)9-12(13)15/h8-9H,4-7,16H2,1-3H3. The molecule has 0 aliphatic rings. The number of likely N-dealkylation sites (N-methyl/N-ethyl adjacent to an activating group) is 1. The van der Waals surface area contributed by atoms with Gasteiger partial charge in [0, 0.05) is 25.3 Å². The topological polar surface area (TPSA) is 32.5 Å². The van der Waals surface area contributed by atoms with Gasteiger partial charge in [-0.05, 0) is 32.6 Å². The molecular formula is C13H21F2N3. The van der Waals surface area contributed by atoms with Gasteiger partial charge in [-0.25, -0.2) is 8.78 Å². The van der Waals surface area contributed by atoms with E-state index >= 15 is 0 Å². The van der Waals surface area contributed by atoms with Gasteiger partial charge in [-0.1, -0.05) is 6.92 Å². The number of nitrogens with zero attached hydrogens (tertiary/aromatic N) is 2. The zero-order chi connectivity index (χ0) is 13.7. The van der Waals surface area contributed by atoms with Crippen LogP contribution in [-0.2, 0) is 0 Å². The molecule has 0 spiro atoms. The summed E-state index contributed by atoms with van der Waals surface area (Å²) in [6.45, 7) is 3.92. The number of hydrogen-bond donors (Lipinski definition) is 1. The summed E-state index contributed by atoms with van der Waals surface area (Å²) in [4.78, 5) is 3.71. The van der Waals surface area contributed by atoms with Crippen LogP contribution in [0.5, 0.6) is 0 Å². The van der Waals surface area contributed by atoms with Crippen molar-refractivity contribution in [1.82, 2.24) is 4.90 Å². The molecule has 0 aromatic heterocycles. The molecule has 3 nitrogen and oxygen atoms in total. The molecule has 1 aromatic rings. The highest BCUT2D eigenvalue weighted by Crippen LogP contribution is 2.26. The van der Waals surface area contributed by atoms with Gasteiger partial charge >= 0.3 is 0 Å². The average molecular weight is 257 g/mol. The van der Waals surface area contributed by atoms with Crippen molar-refractivity contribution in [2.75, 3.05) is 44.4 Å². The molecule has 0 bridgehead atoms. The summed E-state index contributed by atoms with van der Waals surface area (Å²) in [6, 6.07) is 2.33. The Hall–Kier alpha value is -1.36. The summed E-state index contributed by atoms with van der Waals surface area (Å²) in [5.74, 6) is -1.19. The van der Waals surface area contributed by atoms with Crippen molar-refractivity contribution in [2.45, 2.75) is 13.3 Å². The number of rotatable bonds is 6. The lowest BCUT2D eigenvalue weighted by Gasteiger charge is -2.26. The molecule has 0 atom stereocenters. The Morgan fingerprint density at radius 1 is 1.06 bits per heavy atom. The molecule has 5 heteroatoms. The van der Waals surface area contributed by atoms with Crippen LogP contribution in [0.4, 0.5) is 20.2 Å². The number of anilines is 2. The van der Waals surface area contributed by atoms with Crippen LogP contribution in [0, 0.1) is 11.6 Å². The average Bonchev–Trinajstić information content (AvgIpc) is 2.24. The molecule has 18 heavy (non-hydrogen) atoms. The molecule has 102 valence electrons. The monoisotopic (exact) mass is 257 g/mol. The van der Waals surface area contributed by atoms with Crippen LogP contribution in [0.1, 0.15) is 13.3 Å². The SMILES string of the molecule is CCCN(CCN(C)C)c1c(F)cc(N)cc1F. The van der Waals surface area contributed by atoms with Crippen LogP contribution in [0.2, 0.25) is 0 Å². The van der Waals surface area contributed by atoms with Crippen LogP contribution in [0.3, 0.4) is 0 Å². The fourth-order valence-corrected chi connectivity index (χ4v) is 1.81. The maximum absolute atomic E-state index is 13.8. The lowest BCUT2D eigenvalue weighted by atomic mass is 10.2. The van der Waals surface area contributed by atoms with E-state index in [4.69, 9.17) is 5.73 Å². The van der Waals surface area contributed by atoms with E-state index in [9.17, 15) is 8.78 Å². The first kappa shape index (κ1) is 14.7. The Morgan fingerprint density at radius 3 is 2.06 bits per heavy atom. The Labute approximate surface area is 107 Å². The second-order valence-electron chi connectivity index (χ2n) is 4.62. The highest BCUT2D eigenvalue weighted by Gasteiger charge is 2.17. The van der Waals surface area contributed by atoms with Crippen LogP contribution >= 0.6 is 0 Å². The van der Waals surface area contributed by atoms with E-state index in [0.717, 1.165) is 25.1 Å². The van der Waals surface area contributed by atoms with Gasteiger partial charge in [0.2, 0.25) is 0 Å². The molecule has 0 aliphatic carbocycles. The van der Waals surface area contributed by atoms with Crippen molar-refractivity contribution >= 4 is 11.4 Å². The molecule has 0 amide bonds. The Morgan fingerprint density at radius 2 is 1.61 bits per heavy atom. The molecule has 0 saturated heterocycles. The van der Waals surface area contributed by atoms with Gasteiger partial charge in [0.1, 0.15) is 5.69 Å². The molecule has 0 saturated carbocycles. The number of nitrogen functional groups attached to an aromatic ring is 1. The highest BCUT2D eigenvalue weighted by atomic mass is 19.1. The van der Waals surface area contributed by atoms with Gasteiger partial charge in [0.15, 0.2) is 11.6 Å². The summed E-state index contributed by atoms with van der Waals surface area (Å²) in [6.07, 6.45) is 0.830. The van der Waals surface area contributed by atoms with Crippen molar-refractivity contribution < 1.29 is 8.78 Å². The third-order valence-corrected chi connectivity index (χ3v) is 2.67. The molecule has 1 rings (SSSR count). The Balaban J connectivity index is 2.97. The second kappa shape index (κ2) is 6.54. The van der Waals surface area contributed by atoms with E-state index in [1.54, 1.807) is 4.90 Å². The van der Waals surface area contributed by atoms with Gasteiger partial charge in [-0.3, -0.25) is 0 Å². The predicted molar refractivity (Wildman–Crippen MR) is 71.8 cm³/mol. The molecule has 0 unspecified atom stereocenters. The molecule has 0 heterocycles. The first-order valence-corrected chi connectivity index (χ1v) is 6.10. The lowest BCUT2D eigenvalue weighted by molar-refractivity contribution is 0.410. The maximum atomic E-state index is 13.8. The normalized spacial score (nSPS) is 11.0. The van der Waals surface area contributed by atoms with Crippen molar-refractivity contribution in [3.8, 4) is 0 Å². The van der Waals surface area contributed by atoms with Crippen molar-refractivity contribution in [3.05, 3.63) is 23.8 Å². The summed E-state index contributed by atoms with van der Waals surface area (Å²) < 4.78 is 27.7. The Bertz CT molecular complexity index is 371. The van der Waals surface area contributed by atoms with E-state index in [1.807, 2.05) is 25.9 Å². The van der Waals surface area contributed by atoms with E-state index in [-0.39, 0.29) is 11.4 Å². The summed E-state index contributed by atoms with van der Waals surface area (Å²) >= 11 is 0. The van der Waals surface area contributed by atoms with Crippen LogP contribution < -0.4 is 10.6 Å². The first-order chi connectivity index (χ1) is 8.45. The molecule has 0 aliphatic heterocycles. The minimum atomic E-state index is -0.597. The maximum Gasteiger partial charge on any atom is 0.151 e. The largest absolute Gasteiger partial charge is 0.399 e. The van der Waals surface area contributed by atoms with Gasteiger partial charge in [-0.15, -0.1) is 0 Å². The quantitative estimate of drug-likeness (QED) is 0.794. The molecular weight excluding hydrogens is 236 g/mol. The fraction of sp³-hybridized carbons (Fsp3) is 0.538. The lowest BCUT2D eigenvalue weighted by Crippen LogP contribution is -2.33. The summed E-state index contributed by atoms with van der Waals surface area (Å²) in [5, 5.41) is 0. The third-order valence-electron chi connectivity index (χ3n) is 2.67. The smallest absolute Gasteiger partial charge is 0.151 e. The van der Waals surface area contributed by atoms with Crippen LogP contribution in [0.15, 0.2) is 12.1 Å². The van der Waals surface area contributed by atoms with E-state index in [2.05, 4.69) is 0 Å². The van der Waals surface area contributed by atoms with Crippen LogP contribution in [-0.4, -0.2) is 38.6 Å². The molecule has 2 N–H and O–H groups in total. The molecule has 0 radical (unpaired) electrons. The van der Waals surface area contributed by atoms with Crippen LogP contribution in [0.25, 0.3) is 0 Å². The first-order valence-electron chi connectivity index (χ1n) is 6.10.